The standard InChI is InChI=1S/C47H29N5/c48-30-31-19-21-32(22-20-31)39-29-40(50-47(49-39)34-11-3-1-4-12-34)33-23-25-36(26-24-33)52-42-18-10-8-16-38(42)46-44(52)28-27-43-45(46)37-15-7-9-17-41(37)51(43)35-13-5-2-6-14-35/h1-29H. The van der Waals surface area contributed by atoms with Gasteiger partial charge in [-0.1, -0.05) is 109 Å². The average molecular weight is 664 g/mol. The van der Waals surface area contributed by atoms with Crippen LogP contribution >= 0.6 is 0 Å². The minimum atomic E-state index is 0.615. The zero-order chi connectivity index (χ0) is 34.6. The lowest BCUT2D eigenvalue weighted by Crippen LogP contribution is -1.97. The molecule has 0 aliphatic heterocycles. The zero-order valence-electron chi connectivity index (χ0n) is 28.0. The highest BCUT2D eigenvalue weighted by molar-refractivity contribution is 6.28. The fourth-order valence-electron chi connectivity index (χ4n) is 7.61. The molecule has 0 aliphatic carbocycles. The van der Waals surface area contributed by atoms with E-state index < -0.39 is 0 Å². The van der Waals surface area contributed by atoms with Gasteiger partial charge in [-0.3, -0.25) is 0 Å². The van der Waals surface area contributed by atoms with Crippen molar-refractivity contribution < 1.29 is 0 Å². The molecule has 5 heteroatoms. The second kappa shape index (κ2) is 11.9. The molecule has 0 spiro atoms. The molecule has 10 rings (SSSR count). The number of para-hydroxylation sites is 3. The molecule has 3 aromatic heterocycles. The molecule has 0 radical (unpaired) electrons. The van der Waals surface area contributed by atoms with Crippen molar-refractivity contribution in [3.8, 4) is 51.3 Å². The number of nitriles is 1. The molecule has 0 atom stereocenters. The summed E-state index contributed by atoms with van der Waals surface area (Å²) in [5, 5.41) is 14.3. The smallest absolute Gasteiger partial charge is 0.160 e. The number of nitrogens with zero attached hydrogens (tertiary/aromatic N) is 5. The predicted octanol–water partition coefficient (Wildman–Crippen LogP) is 11.5. The van der Waals surface area contributed by atoms with Crippen LogP contribution in [-0.4, -0.2) is 19.1 Å². The third kappa shape index (κ3) is 4.70. The van der Waals surface area contributed by atoms with E-state index in [-0.39, 0.29) is 0 Å². The summed E-state index contributed by atoms with van der Waals surface area (Å²) in [6.45, 7) is 0. The maximum Gasteiger partial charge on any atom is 0.160 e. The van der Waals surface area contributed by atoms with E-state index in [9.17, 15) is 5.26 Å². The molecule has 0 unspecified atom stereocenters. The number of rotatable bonds is 5. The van der Waals surface area contributed by atoms with Gasteiger partial charge in [0.1, 0.15) is 0 Å². The minimum absolute atomic E-state index is 0.615. The molecule has 0 amide bonds. The van der Waals surface area contributed by atoms with Crippen molar-refractivity contribution in [2.75, 3.05) is 0 Å². The molecule has 0 bridgehead atoms. The Morgan fingerprint density at radius 3 is 1.40 bits per heavy atom. The molecule has 0 saturated carbocycles. The summed E-state index contributed by atoms with van der Waals surface area (Å²) in [6, 6.07) is 63.1. The van der Waals surface area contributed by atoms with E-state index in [1.807, 2.05) is 60.7 Å². The van der Waals surface area contributed by atoms with E-state index in [4.69, 9.17) is 9.97 Å². The molecule has 3 heterocycles. The number of hydrogen-bond donors (Lipinski definition) is 0. The molecular formula is C47H29N5. The quantitative estimate of drug-likeness (QED) is 0.184. The Kier molecular flexibility index (Phi) is 6.80. The highest BCUT2D eigenvalue weighted by Crippen LogP contribution is 2.42. The molecule has 5 nitrogen and oxygen atoms in total. The van der Waals surface area contributed by atoms with Crippen molar-refractivity contribution in [3.63, 3.8) is 0 Å². The number of benzene rings is 7. The van der Waals surface area contributed by atoms with Gasteiger partial charge in [-0.2, -0.15) is 5.26 Å². The fraction of sp³-hybridized carbons (Fsp3) is 0. The SMILES string of the molecule is N#Cc1ccc(-c2cc(-c3ccc(-n4c5ccccc5c5c6c7ccccc7n(-c7ccccc7)c6ccc54)cc3)nc(-c3ccccc3)n2)cc1. The first kappa shape index (κ1) is 29.6. The molecule has 0 N–H and O–H groups in total. The van der Waals surface area contributed by atoms with E-state index in [0.29, 0.717) is 11.4 Å². The molecular weight excluding hydrogens is 635 g/mol. The van der Waals surface area contributed by atoms with Gasteiger partial charge in [0.2, 0.25) is 0 Å². The van der Waals surface area contributed by atoms with E-state index in [1.165, 1.54) is 32.6 Å². The highest BCUT2D eigenvalue weighted by Gasteiger charge is 2.20. The second-order valence-corrected chi connectivity index (χ2v) is 13.0. The first-order valence-corrected chi connectivity index (χ1v) is 17.3. The molecule has 10 aromatic rings. The van der Waals surface area contributed by atoms with E-state index in [2.05, 4.69) is 130 Å². The molecule has 0 aliphatic rings. The molecule has 0 fully saturated rings. The molecule has 242 valence electrons. The predicted molar refractivity (Wildman–Crippen MR) is 212 cm³/mol. The second-order valence-electron chi connectivity index (χ2n) is 13.0. The topological polar surface area (TPSA) is 59.4 Å². The van der Waals surface area contributed by atoms with Crippen molar-refractivity contribution >= 4 is 43.6 Å². The molecule has 52 heavy (non-hydrogen) atoms. The summed E-state index contributed by atoms with van der Waals surface area (Å²) in [5.41, 5.74) is 12.0. The van der Waals surface area contributed by atoms with Crippen LogP contribution in [0, 0.1) is 11.3 Å². The summed E-state index contributed by atoms with van der Waals surface area (Å²) in [6.07, 6.45) is 0. The molecule has 7 aromatic carbocycles. The maximum atomic E-state index is 9.35. The summed E-state index contributed by atoms with van der Waals surface area (Å²) in [4.78, 5) is 9.99. The summed E-state index contributed by atoms with van der Waals surface area (Å²) in [7, 11) is 0. The Labute approximate surface area is 299 Å². The first-order chi connectivity index (χ1) is 25.7. The van der Waals surface area contributed by atoms with Gasteiger partial charge in [0.05, 0.1) is 45.1 Å². The van der Waals surface area contributed by atoms with Crippen LogP contribution in [0.2, 0.25) is 0 Å². The largest absolute Gasteiger partial charge is 0.309 e. The van der Waals surface area contributed by atoms with Gasteiger partial charge < -0.3 is 9.13 Å². The van der Waals surface area contributed by atoms with Gasteiger partial charge in [0, 0.05) is 49.6 Å². The van der Waals surface area contributed by atoms with Gasteiger partial charge in [-0.05, 0) is 66.7 Å². The summed E-state index contributed by atoms with van der Waals surface area (Å²) < 4.78 is 4.75. The van der Waals surface area contributed by atoms with Crippen LogP contribution in [0.4, 0.5) is 0 Å². The lowest BCUT2D eigenvalue weighted by Gasteiger charge is -2.12. The summed E-state index contributed by atoms with van der Waals surface area (Å²) in [5.74, 6) is 0.655. The Hall–Kier alpha value is -7.29. The summed E-state index contributed by atoms with van der Waals surface area (Å²) >= 11 is 0. The number of fused-ring (bicyclic) bond motifs is 7. The Morgan fingerprint density at radius 1 is 0.404 bits per heavy atom. The van der Waals surface area contributed by atoms with Gasteiger partial charge in [-0.25, -0.2) is 9.97 Å². The van der Waals surface area contributed by atoms with E-state index >= 15 is 0 Å². The minimum Gasteiger partial charge on any atom is -0.309 e. The third-order valence-corrected chi connectivity index (χ3v) is 9.98. The number of hydrogen-bond acceptors (Lipinski definition) is 3. The van der Waals surface area contributed by atoms with Gasteiger partial charge >= 0.3 is 0 Å². The van der Waals surface area contributed by atoms with Crippen LogP contribution < -0.4 is 0 Å². The normalized spacial score (nSPS) is 11.4. The average Bonchev–Trinajstić information content (AvgIpc) is 3.74. The van der Waals surface area contributed by atoms with Crippen LogP contribution in [0.3, 0.4) is 0 Å². The van der Waals surface area contributed by atoms with Crippen molar-refractivity contribution in [3.05, 3.63) is 181 Å². The fourth-order valence-corrected chi connectivity index (χ4v) is 7.61. The van der Waals surface area contributed by atoms with Gasteiger partial charge in [0.15, 0.2) is 5.82 Å². The van der Waals surface area contributed by atoms with Crippen LogP contribution in [0.1, 0.15) is 5.56 Å². The van der Waals surface area contributed by atoms with Crippen molar-refractivity contribution in [2.45, 2.75) is 0 Å². The number of aromatic nitrogens is 4. The van der Waals surface area contributed by atoms with E-state index in [0.717, 1.165) is 50.5 Å². The van der Waals surface area contributed by atoms with Crippen molar-refractivity contribution in [1.29, 1.82) is 5.26 Å². The van der Waals surface area contributed by atoms with Crippen molar-refractivity contribution in [1.82, 2.24) is 19.1 Å². The molecule has 0 saturated heterocycles. The third-order valence-electron chi connectivity index (χ3n) is 9.98. The van der Waals surface area contributed by atoms with Gasteiger partial charge in [-0.15, -0.1) is 0 Å². The zero-order valence-corrected chi connectivity index (χ0v) is 28.0. The van der Waals surface area contributed by atoms with Crippen LogP contribution in [0.5, 0.6) is 0 Å². The van der Waals surface area contributed by atoms with Crippen LogP contribution in [0.25, 0.3) is 88.9 Å². The van der Waals surface area contributed by atoms with Crippen LogP contribution in [-0.2, 0) is 0 Å². The van der Waals surface area contributed by atoms with Gasteiger partial charge in [0.25, 0.3) is 0 Å². The van der Waals surface area contributed by atoms with Crippen LogP contribution in [0.15, 0.2) is 176 Å². The lowest BCUT2D eigenvalue weighted by molar-refractivity contribution is 1.17. The maximum absolute atomic E-state index is 9.35. The monoisotopic (exact) mass is 663 g/mol. The Bertz CT molecular complexity index is 2990. The Balaban J connectivity index is 1.15. The lowest BCUT2D eigenvalue weighted by atomic mass is 10.0. The Morgan fingerprint density at radius 2 is 0.865 bits per heavy atom. The van der Waals surface area contributed by atoms with E-state index in [1.54, 1.807) is 0 Å². The first-order valence-electron chi connectivity index (χ1n) is 17.3. The van der Waals surface area contributed by atoms with Crippen molar-refractivity contribution in [2.24, 2.45) is 0 Å². The highest BCUT2D eigenvalue weighted by atomic mass is 15.0.